The summed E-state index contributed by atoms with van der Waals surface area (Å²) in [7, 11) is 0. The topological polar surface area (TPSA) is 58.2 Å². The van der Waals surface area contributed by atoms with E-state index in [0.29, 0.717) is 0 Å². The number of carbonyl (C=O) groups is 2. The third-order valence-electron chi connectivity index (χ3n) is 2.88. The number of rotatable bonds is 2. The van der Waals surface area contributed by atoms with Crippen molar-refractivity contribution >= 4 is 23.4 Å². The van der Waals surface area contributed by atoms with Gasteiger partial charge in [0, 0.05) is 5.56 Å². The van der Waals surface area contributed by atoms with Crippen LogP contribution in [0.3, 0.4) is 0 Å². The van der Waals surface area contributed by atoms with E-state index >= 15 is 0 Å². The van der Waals surface area contributed by atoms with Crippen LogP contribution in [-0.2, 0) is 6.18 Å². The van der Waals surface area contributed by atoms with Crippen molar-refractivity contribution in [3.05, 3.63) is 70.2 Å². The largest absolute Gasteiger partial charge is 0.416 e. The van der Waals surface area contributed by atoms with Crippen LogP contribution in [-0.4, -0.2) is 11.8 Å². The van der Waals surface area contributed by atoms with Crippen LogP contribution in [0.4, 0.5) is 13.2 Å². The molecule has 0 spiro atoms. The molecule has 23 heavy (non-hydrogen) atoms. The zero-order chi connectivity index (χ0) is 17.0. The Labute approximate surface area is 134 Å². The van der Waals surface area contributed by atoms with E-state index in [0.717, 1.165) is 24.3 Å². The molecule has 0 unspecified atom stereocenters. The van der Waals surface area contributed by atoms with Gasteiger partial charge in [0.1, 0.15) is 0 Å². The molecule has 0 aliphatic carbocycles. The van der Waals surface area contributed by atoms with Crippen molar-refractivity contribution in [3.63, 3.8) is 0 Å². The molecule has 2 rings (SSSR count). The quantitative estimate of drug-likeness (QED) is 0.821. The molecule has 0 aliphatic rings. The van der Waals surface area contributed by atoms with Crippen LogP contribution in [0.25, 0.3) is 0 Å². The Balaban J connectivity index is 2.00. The molecular weight excluding hydrogens is 333 g/mol. The zero-order valence-corrected chi connectivity index (χ0v) is 12.2. The third kappa shape index (κ3) is 4.23. The second kappa shape index (κ2) is 6.70. The lowest BCUT2D eigenvalue weighted by molar-refractivity contribution is -0.137. The molecule has 0 saturated heterocycles. The highest BCUT2D eigenvalue weighted by molar-refractivity contribution is 6.33. The van der Waals surface area contributed by atoms with Gasteiger partial charge in [0.25, 0.3) is 11.8 Å². The Morgan fingerprint density at radius 1 is 0.870 bits per heavy atom. The van der Waals surface area contributed by atoms with Crippen LogP contribution in [0.5, 0.6) is 0 Å². The molecule has 0 fully saturated rings. The molecule has 0 radical (unpaired) electrons. The first-order valence-electron chi connectivity index (χ1n) is 6.31. The van der Waals surface area contributed by atoms with E-state index in [1.165, 1.54) is 12.1 Å². The average molecular weight is 343 g/mol. The fraction of sp³-hybridized carbons (Fsp3) is 0.0667. The number of alkyl halides is 3. The maximum absolute atomic E-state index is 12.4. The van der Waals surface area contributed by atoms with Gasteiger partial charge in [-0.05, 0) is 36.4 Å². The summed E-state index contributed by atoms with van der Waals surface area (Å²) in [4.78, 5) is 23.6. The highest BCUT2D eigenvalue weighted by Gasteiger charge is 2.30. The second-order valence-corrected chi connectivity index (χ2v) is 4.87. The van der Waals surface area contributed by atoms with Gasteiger partial charge in [-0.3, -0.25) is 20.4 Å². The van der Waals surface area contributed by atoms with Gasteiger partial charge in [-0.15, -0.1) is 0 Å². The highest BCUT2D eigenvalue weighted by Crippen LogP contribution is 2.29. The summed E-state index contributed by atoms with van der Waals surface area (Å²) in [6.07, 6.45) is -4.48. The molecule has 2 aromatic carbocycles. The minimum Gasteiger partial charge on any atom is -0.267 e. The summed E-state index contributed by atoms with van der Waals surface area (Å²) in [5.74, 6) is -1.39. The maximum Gasteiger partial charge on any atom is 0.416 e. The van der Waals surface area contributed by atoms with Crippen LogP contribution in [0, 0.1) is 0 Å². The van der Waals surface area contributed by atoms with Crippen molar-refractivity contribution in [2.45, 2.75) is 6.18 Å². The molecule has 2 aromatic rings. The number of hydrazine groups is 1. The van der Waals surface area contributed by atoms with E-state index < -0.39 is 23.6 Å². The van der Waals surface area contributed by atoms with Gasteiger partial charge in [0.05, 0.1) is 16.1 Å². The van der Waals surface area contributed by atoms with Crippen molar-refractivity contribution in [2.75, 3.05) is 0 Å². The molecule has 2 amide bonds. The van der Waals surface area contributed by atoms with Crippen molar-refractivity contribution in [1.29, 1.82) is 0 Å². The lowest BCUT2D eigenvalue weighted by atomic mass is 10.1. The summed E-state index contributed by atoms with van der Waals surface area (Å²) >= 11 is 5.83. The van der Waals surface area contributed by atoms with E-state index in [1.807, 2.05) is 0 Å². The first-order chi connectivity index (χ1) is 10.8. The SMILES string of the molecule is O=C(NNC(=O)c1ccccc1Cl)c1ccc(C(F)(F)F)cc1. The monoisotopic (exact) mass is 342 g/mol. The summed E-state index contributed by atoms with van der Waals surface area (Å²) < 4.78 is 37.3. The van der Waals surface area contributed by atoms with Gasteiger partial charge in [-0.25, -0.2) is 0 Å². The summed E-state index contributed by atoms with van der Waals surface area (Å²) in [5.41, 5.74) is 3.50. The van der Waals surface area contributed by atoms with Gasteiger partial charge in [0.15, 0.2) is 0 Å². The molecule has 8 heteroatoms. The Morgan fingerprint density at radius 2 is 1.43 bits per heavy atom. The Morgan fingerprint density at radius 3 is 2.00 bits per heavy atom. The number of nitrogens with one attached hydrogen (secondary N) is 2. The molecule has 2 N–H and O–H groups in total. The molecule has 0 atom stereocenters. The predicted octanol–water partition coefficient (Wildman–Crippen LogP) is 3.43. The third-order valence-corrected chi connectivity index (χ3v) is 3.21. The lowest BCUT2D eigenvalue weighted by Gasteiger charge is -2.10. The minimum atomic E-state index is -4.48. The number of amides is 2. The molecule has 0 heterocycles. The Bertz CT molecular complexity index is 730. The smallest absolute Gasteiger partial charge is 0.267 e. The average Bonchev–Trinajstić information content (AvgIpc) is 2.52. The number of benzene rings is 2. The molecule has 120 valence electrons. The maximum atomic E-state index is 12.4. The van der Waals surface area contributed by atoms with Gasteiger partial charge in [-0.1, -0.05) is 23.7 Å². The number of carbonyl (C=O) groups excluding carboxylic acids is 2. The molecule has 0 bridgehead atoms. The number of halogens is 4. The zero-order valence-electron chi connectivity index (χ0n) is 11.4. The number of hydrogen-bond donors (Lipinski definition) is 2. The van der Waals surface area contributed by atoms with Crippen LogP contribution in [0.15, 0.2) is 48.5 Å². The molecule has 4 nitrogen and oxygen atoms in total. The predicted molar refractivity (Wildman–Crippen MR) is 77.8 cm³/mol. The van der Waals surface area contributed by atoms with Crippen LogP contribution >= 0.6 is 11.6 Å². The molecule has 0 saturated carbocycles. The van der Waals surface area contributed by atoms with Crippen LogP contribution < -0.4 is 10.9 Å². The Kier molecular flexibility index (Phi) is 4.90. The lowest BCUT2D eigenvalue weighted by Crippen LogP contribution is -2.41. The van der Waals surface area contributed by atoms with Crippen molar-refractivity contribution in [2.24, 2.45) is 0 Å². The summed E-state index contributed by atoms with van der Waals surface area (Å²) in [6.45, 7) is 0. The fourth-order valence-corrected chi connectivity index (χ4v) is 1.93. The minimum absolute atomic E-state index is 0.0301. The van der Waals surface area contributed by atoms with Gasteiger partial charge in [-0.2, -0.15) is 13.2 Å². The van der Waals surface area contributed by atoms with E-state index in [9.17, 15) is 22.8 Å². The van der Waals surface area contributed by atoms with Gasteiger partial charge < -0.3 is 0 Å². The van der Waals surface area contributed by atoms with Crippen molar-refractivity contribution < 1.29 is 22.8 Å². The van der Waals surface area contributed by atoms with Gasteiger partial charge in [0.2, 0.25) is 0 Å². The molecule has 0 aliphatic heterocycles. The number of hydrogen-bond acceptors (Lipinski definition) is 2. The van der Waals surface area contributed by atoms with E-state index in [-0.39, 0.29) is 16.1 Å². The highest BCUT2D eigenvalue weighted by atomic mass is 35.5. The van der Waals surface area contributed by atoms with Crippen molar-refractivity contribution in [1.82, 2.24) is 10.9 Å². The summed E-state index contributed by atoms with van der Waals surface area (Å²) in [5, 5.41) is 0.203. The molecular formula is C15H10ClF3N2O2. The van der Waals surface area contributed by atoms with Crippen molar-refractivity contribution in [3.8, 4) is 0 Å². The normalized spacial score (nSPS) is 11.0. The van der Waals surface area contributed by atoms with E-state index in [2.05, 4.69) is 10.9 Å². The van der Waals surface area contributed by atoms with E-state index in [1.54, 1.807) is 12.1 Å². The molecule has 0 aromatic heterocycles. The second-order valence-electron chi connectivity index (χ2n) is 4.46. The first-order valence-corrected chi connectivity index (χ1v) is 6.69. The Hall–Kier alpha value is -2.54. The van der Waals surface area contributed by atoms with Gasteiger partial charge >= 0.3 is 6.18 Å². The van der Waals surface area contributed by atoms with Crippen LogP contribution in [0.2, 0.25) is 5.02 Å². The first kappa shape index (κ1) is 16.8. The van der Waals surface area contributed by atoms with Crippen LogP contribution in [0.1, 0.15) is 26.3 Å². The fourth-order valence-electron chi connectivity index (χ4n) is 1.71. The van der Waals surface area contributed by atoms with E-state index in [4.69, 9.17) is 11.6 Å². The summed E-state index contributed by atoms with van der Waals surface area (Å²) in [6, 6.07) is 9.80. The standard InChI is InChI=1S/C15H10ClF3N2O2/c16-12-4-2-1-3-11(12)14(23)21-20-13(22)9-5-7-10(8-6-9)15(17,18)19/h1-8H,(H,20,22)(H,21,23).